The predicted molar refractivity (Wildman–Crippen MR) is 118 cm³/mol. The van der Waals surface area contributed by atoms with Crippen molar-refractivity contribution in [1.29, 1.82) is 0 Å². The zero-order valence-electron chi connectivity index (χ0n) is 18.3. The fourth-order valence-corrected chi connectivity index (χ4v) is 3.01. The van der Waals surface area contributed by atoms with E-state index in [1.165, 1.54) is 0 Å². The van der Waals surface area contributed by atoms with Gasteiger partial charge in [-0.3, -0.25) is 4.98 Å². The Morgan fingerprint density at radius 3 is 2.67 bits per heavy atom. The molecule has 0 saturated heterocycles. The van der Waals surface area contributed by atoms with Crippen molar-refractivity contribution in [1.82, 2.24) is 15.2 Å². The van der Waals surface area contributed by atoms with Gasteiger partial charge in [0, 0.05) is 19.3 Å². The van der Waals surface area contributed by atoms with E-state index in [1.54, 1.807) is 19.5 Å². The van der Waals surface area contributed by atoms with E-state index in [-0.39, 0.29) is 6.61 Å². The van der Waals surface area contributed by atoms with Crippen LogP contribution in [-0.2, 0) is 6.54 Å². The van der Waals surface area contributed by atoms with Crippen LogP contribution in [0.1, 0.15) is 25.8 Å². The number of hydrogen-bond acceptors (Lipinski definition) is 7. The predicted octanol–water partition coefficient (Wildman–Crippen LogP) is 2.73. The molecule has 0 saturated carbocycles. The summed E-state index contributed by atoms with van der Waals surface area (Å²) in [6, 6.07) is 9.63. The topological polar surface area (TPSA) is 76.1 Å². The summed E-state index contributed by atoms with van der Waals surface area (Å²) in [5.74, 6) is 2.11. The summed E-state index contributed by atoms with van der Waals surface area (Å²) in [6.45, 7) is 9.05. The van der Waals surface area contributed by atoms with Crippen molar-refractivity contribution in [2.45, 2.75) is 32.9 Å². The van der Waals surface area contributed by atoms with Gasteiger partial charge in [0.2, 0.25) is 0 Å². The summed E-state index contributed by atoms with van der Waals surface area (Å²) in [5.41, 5.74) is 1.11. The van der Waals surface area contributed by atoms with Gasteiger partial charge in [0.05, 0.1) is 19.9 Å². The Bertz CT molecular complexity index is 711. The Hall–Kier alpha value is -2.35. The maximum atomic E-state index is 10.2. The number of benzene rings is 1. The Balaban J connectivity index is 1.71. The number of rotatable bonds is 15. The van der Waals surface area contributed by atoms with Gasteiger partial charge < -0.3 is 29.5 Å². The summed E-state index contributed by atoms with van der Waals surface area (Å²) in [4.78, 5) is 6.20. The molecule has 166 valence electrons. The average molecular weight is 418 g/mol. The molecule has 0 fully saturated rings. The minimum absolute atomic E-state index is 0.237. The van der Waals surface area contributed by atoms with E-state index in [4.69, 9.17) is 14.2 Å². The molecule has 0 radical (unpaired) electrons. The first-order chi connectivity index (χ1) is 14.7. The summed E-state index contributed by atoms with van der Waals surface area (Å²) >= 11 is 0. The van der Waals surface area contributed by atoms with Crippen molar-refractivity contribution in [3.05, 3.63) is 48.3 Å². The van der Waals surface area contributed by atoms with Crippen LogP contribution in [0, 0.1) is 0 Å². The number of ether oxygens (including phenoxy) is 3. The quantitative estimate of drug-likeness (QED) is 0.432. The van der Waals surface area contributed by atoms with Gasteiger partial charge in [0.25, 0.3) is 0 Å². The molecule has 1 aromatic carbocycles. The molecule has 2 rings (SSSR count). The normalized spacial score (nSPS) is 12.0. The monoisotopic (exact) mass is 417 g/mol. The molecule has 0 aliphatic carbocycles. The van der Waals surface area contributed by atoms with Crippen molar-refractivity contribution in [2.24, 2.45) is 0 Å². The molecule has 0 spiro atoms. The Labute approximate surface area is 180 Å². The van der Waals surface area contributed by atoms with Crippen LogP contribution >= 0.6 is 0 Å². The highest BCUT2D eigenvalue weighted by Crippen LogP contribution is 2.28. The summed E-state index contributed by atoms with van der Waals surface area (Å²) in [7, 11) is 1.63. The standard InChI is InChI=1S/C23H35N3O4/c1-4-26(5-2)17-20(27)18-30-22-10-9-19(14-23(22)28-3)15-24-12-7-13-29-21-8-6-11-25-16-21/h6,8-11,14,16,20,24,27H,4-5,7,12-13,15,17-18H2,1-3H3/t20-/m1/s1. The summed E-state index contributed by atoms with van der Waals surface area (Å²) < 4.78 is 16.9. The number of nitrogens with one attached hydrogen (secondary N) is 1. The van der Waals surface area contributed by atoms with Crippen LogP contribution in [0.3, 0.4) is 0 Å². The molecule has 1 aromatic heterocycles. The first kappa shape index (κ1) is 23.9. The molecule has 7 heteroatoms. The van der Waals surface area contributed by atoms with Crippen LogP contribution < -0.4 is 19.5 Å². The van der Waals surface area contributed by atoms with Crippen molar-refractivity contribution in [3.63, 3.8) is 0 Å². The third-order valence-electron chi connectivity index (χ3n) is 4.75. The molecule has 0 amide bonds. The molecule has 0 aliphatic rings. The first-order valence-electron chi connectivity index (χ1n) is 10.6. The Kier molecular flexibility index (Phi) is 11.0. The highest BCUT2D eigenvalue weighted by molar-refractivity contribution is 5.43. The zero-order chi connectivity index (χ0) is 21.6. The smallest absolute Gasteiger partial charge is 0.161 e. The third kappa shape index (κ3) is 8.57. The van der Waals surface area contributed by atoms with Gasteiger partial charge in [-0.25, -0.2) is 0 Å². The lowest BCUT2D eigenvalue weighted by molar-refractivity contribution is 0.0705. The minimum atomic E-state index is -0.537. The lowest BCUT2D eigenvalue weighted by Crippen LogP contribution is -2.35. The van der Waals surface area contributed by atoms with Crippen LogP contribution in [0.15, 0.2) is 42.7 Å². The van der Waals surface area contributed by atoms with Crippen molar-refractivity contribution in [2.75, 3.05) is 46.5 Å². The van der Waals surface area contributed by atoms with Crippen LogP contribution in [-0.4, -0.2) is 67.6 Å². The second kappa shape index (κ2) is 13.8. The Morgan fingerprint density at radius 2 is 1.97 bits per heavy atom. The second-order valence-corrected chi connectivity index (χ2v) is 7.00. The number of pyridine rings is 1. The maximum absolute atomic E-state index is 10.2. The second-order valence-electron chi connectivity index (χ2n) is 7.00. The number of methoxy groups -OCH3 is 1. The van der Waals surface area contributed by atoms with Crippen LogP contribution in [0.5, 0.6) is 17.2 Å². The van der Waals surface area contributed by atoms with Crippen LogP contribution in [0.4, 0.5) is 0 Å². The Morgan fingerprint density at radius 1 is 1.13 bits per heavy atom. The van der Waals surface area contributed by atoms with E-state index in [0.29, 0.717) is 24.7 Å². The van der Waals surface area contributed by atoms with Gasteiger partial charge in [-0.15, -0.1) is 0 Å². The molecule has 1 heterocycles. The number of aromatic nitrogens is 1. The lowest BCUT2D eigenvalue weighted by Gasteiger charge is -2.22. The minimum Gasteiger partial charge on any atom is -0.493 e. The molecule has 2 N–H and O–H groups in total. The lowest BCUT2D eigenvalue weighted by atomic mass is 10.2. The van der Waals surface area contributed by atoms with Crippen molar-refractivity contribution < 1.29 is 19.3 Å². The van der Waals surface area contributed by atoms with Gasteiger partial charge in [-0.1, -0.05) is 19.9 Å². The average Bonchev–Trinajstić information content (AvgIpc) is 2.79. The van der Waals surface area contributed by atoms with Crippen LogP contribution in [0.2, 0.25) is 0 Å². The molecule has 0 aliphatic heterocycles. The highest BCUT2D eigenvalue weighted by atomic mass is 16.5. The molecule has 0 unspecified atom stereocenters. The van der Waals surface area contributed by atoms with Gasteiger partial charge in [-0.05, 0) is 55.9 Å². The van der Waals surface area contributed by atoms with Gasteiger partial charge in [0.15, 0.2) is 11.5 Å². The maximum Gasteiger partial charge on any atom is 0.161 e. The first-order valence-corrected chi connectivity index (χ1v) is 10.6. The van der Waals surface area contributed by atoms with E-state index < -0.39 is 6.10 Å². The third-order valence-corrected chi connectivity index (χ3v) is 4.75. The van der Waals surface area contributed by atoms with Gasteiger partial charge in [-0.2, -0.15) is 0 Å². The fraction of sp³-hybridized carbons (Fsp3) is 0.522. The molecule has 30 heavy (non-hydrogen) atoms. The number of nitrogens with zero attached hydrogens (tertiary/aromatic N) is 2. The van der Waals surface area contributed by atoms with E-state index in [2.05, 4.69) is 29.0 Å². The van der Waals surface area contributed by atoms with E-state index >= 15 is 0 Å². The summed E-state index contributed by atoms with van der Waals surface area (Å²) in [5, 5.41) is 13.6. The number of aliphatic hydroxyl groups excluding tert-OH is 1. The highest BCUT2D eigenvalue weighted by Gasteiger charge is 2.12. The van der Waals surface area contributed by atoms with Gasteiger partial charge in [0.1, 0.15) is 18.5 Å². The fourth-order valence-electron chi connectivity index (χ4n) is 3.01. The molecule has 7 nitrogen and oxygen atoms in total. The number of likely N-dealkylation sites (N-methyl/N-ethyl adjacent to an activating group) is 1. The molecule has 1 atom stereocenters. The van der Waals surface area contributed by atoms with Crippen LogP contribution in [0.25, 0.3) is 0 Å². The van der Waals surface area contributed by atoms with Crippen molar-refractivity contribution in [3.8, 4) is 17.2 Å². The van der Waals surface area contributed by atoms with Crippen molar-refractivity contribution >= 4 is 0 Å². The number of hydrogen-bond donors (Lipinski definition) is 2. The molecule has 0 bridgehead atoms. The SMILES string of the molecule is CCN(CC)C[C@@H](O)COc1ccc(CNCCCOc2cccnc2)cc1OC. The molecule has 2 aromatic rings. The molecular formula is C23H35N3O4. The molecular weight excluding hydrogens is 382 g/mol. The van der Waals surface area contributed by atoms with Gasteiger partial charge >= 0.3 is 0 Å². The number of aliphatic hydroxyl groups is 1. The largest absolute Gasteiger partial charge is 0.493 e. The van der Waals surface area contributed by atoms with E-state index in [9.17, 15) is 5.11 Å². The van der Waals surface area contributed by atoms with E-state index in [0.717, 1.165) is 43.9 Å². The summed E-state index contributed by atoms with van der Waals surface area (Å²) in [6.07, 6.45) is 3.81. The van der Waals surface area contributed by atoms with E-state index in [1.807, 2.05) is 30.3 Å². The zero-order valence-corrected chi connectivity index (χ0v) is 18.3.